The van der Waals surface area contributed by atoms with Crippen molar-refractivity contribution < 1.29 is 22.7 Å². The first-order chi connectivity index (χ1) is 7.94. The number of hydrogen-bond acceptors (Lipinski definition) is 2. The number of alkyl halides is 3. The SMILES string of the molecule is CC.CNC(=O)c1ccccc1OC(F)(F)F. The van der Waals surface area contributed by atoms with Gasteiger partial charge in [0.05, 0.1) is 5.56 Å². The monoisotopic (exact) mass is 249 g/mol. The Balaban J connectivity index is 0.00000121. The molecule has 0 unspecified atom stereocenters. The van der Waals surface area contributed by atoms with Crippen LogP contribution in [0.5, 0.6) is 5.75 Å². The van der Waals surface area contributed by atoms with E-state index in [0.717, 1.165) is 6.07 Å². The maximum absolute atomic E-state index is 11.9. The maximum Gasteiger partial charge on any atom is 0.573 e. The third-order valence-electron chi connectivity index (χ3n) is 1.58. The largest absolute Gasteiger partial charge is 0.573 e. The summed E-state index contributed by atoms with van der Waals surface area (Å²) in [6, 6.07) is 5.14. The molecule has 96 valence electrons. The van der Waals surface area contributed by atoms with Crippen molar-refractivity contribution in [2.24, 2.45) is 0 Å². The minimum Gasteiger partial charge on any atom is -0.405 e. The van der Waals surface area contributed by atoms with Crippen LogP contribution >= 0.6 is 0 Å². The van der Waals surface area contributed by atoms with Crippen LogP contribution in [0.25, 0.3) is 0 Å². The second kappa shape index (κ2) is 6.78. The van der Waals surface area contributed by atoms with Gasteiger partial charge < -0.3 is 10.1 Å². The first kappa shape index (κ1) is 15.3. The van der Waals surface area contributed by atoms with Crippen LogP contribution in [-0.4, -0.2) is 19.3 Å². The van der Waals surface area contributed by atoms with E-state index in [1.807, 2.05) is 13.8 Å². The molecule has 6 heteroatoms. The highest BCUT2D eigenvalue weighted by atomic mass is 19.4. The lowest BCUT2D eigenvalue weighted by molar-refractivity contribution is -0.274. The standard InChI is InChI=1S/C9H8F3NO2.C2H6/c1-13-8(14)6-4-2-3-5-7(6)15-9(10,11)12;1-2/h2-5H,1H3,(H,13,14);1-2H3. The van der Waals surface area contributed by atoms with Gasteiger partial charge in [0.25, 0.3) is 5.91 Å². The molecule has 0 spiro atoms. The zero-order valence-corrected chi connectivity index (χ0v) is 9.76. The molecule has 0 bridgehead atoms. The molecule has 0 radical (unpaired) electrons. The summed E-state index contributed by atoms with van der Waals surface area (Å²) in [5.74, 6) is -1.14. The molecule has 0 atom stereocenters. The van der Waals surface area contributed by atoms with E-state index >= 15 is 0 Å². The molecule has 0 saturated carbocycles. The summed E-state index contributed by atoms with van der Waals surface area (Å²) in [6.45, 7) is 4.00. The summed E-state index contributed by atoms with van der Waals surface area (Å²) in [5.41, 5.74) is -0.155. The fraction of sp³-hybridized carbons (Fsp3) is 0.364. The minimum atomic E-state index is -4.80. The van der Waals surface area contributed by atoms with Gasteiger partial charge in [-0.3, -0.25) is 4.79 Å². The van der Waals surface area contributed by atoms with Gasteiger partial charge in [-0.15, -0.1) is 13.2 Å². The van der Waals surface area contributed by atoms with Crippen molar-refractivity contribution in [3.05, 3.63) is 29.8 Å². The van der Waals surface area contributed by atoms with Crippen molar-refractivity contribution in [3.8, 4) is 5.75 Å². The molecule has 0 aliphatic carbocycles. The smallest absolute Gasteiger partial charge is 0.405 e. The van der Waals surface area contributed by atoms with E-state index in [1.165, 1.54) is 25.2 Å². The maximum atomic E-state index is 11.9. The lowest BCUT2D eigenvalue weighted by Gasteiger charge is -2.11. The zero-order chi connectivity index (χ0) is 13.5. The summed E-state index contributed by atoms with van der Waals surface area (Å²) < 4.78 is 39.5. The molecule has 3 nitrogen and oxygen atoms in total. The van der Waals surface area contributed by atoms with E-state index in [4.69, 9.17) is 0 Å². The van der Waals surface area contributed by atoms with Crippen LogP contribution in [0.2, 0.25) is 0 Å². The average Bonchev–Trinajstić information content (AvgIpc) is 2.29. The molecule has 0 aliphatic heterocycles. The van der Waals surface area contributed by atoms with E-state index in [2.05, 4.69) is 10.1 Å². The van der Waals surface area contributed by atoms with Crippen LogP contribution in [0.3, 0.4) is 0 Å². The Hall–Kier alpha value is -1.72. The molecular formula is C11H14F3NO2. The van der Waals surface area contributed by atoms with Crippen LogP contribution in [0, 0.1) is 0 Å². The quantitative estimate of drug-likeness (QED) is 0.875. The summed E-state index contributed by atoms with van der Waals surface area (Å²) in [7, 11) is 1.33. The fourth-order valence-corrected chi connectivity index (χ4v) is 1.00. The molecule has 1 rings (SSSR count). The third-order valence-corrected chi connectivity index (χ3v) is 1.58. The molecule has 0 fully saturated rings. The van der Waals surface area contributed by atoms with E-state index in [9.17, 15) is 18.0 Å². The van der Waals surface area contributed by atoms with E-state index in [0.29, 0.717) is 0 Å². The highest BCUT2D eigenvalue weighted by Gasteiger charge is 2.32. The lowest BCUT2D eigenvalue weighted by atomic mass is 10.2. The first-order valence-electron chi connectivity index (χ1n) is 5.01. The number of para-hydroxylation sites is 1. The Morgan fingerprint density at radius 2 is 1.76 bits per heavy atom. The normalized spacial score (nSPS) is 10.0. The van der Waals surface area contributed by atoms with Gasteiger partial charge in [-0.2, -0.15) is 0 Å². The minimum absolute atomic E-state index is 0.155. The number of carbonyl (C=O) groups excluding carboxylic acids is 1. The third kappa shape index (κ3) is 5.24. The fourth-order valence-electron chi connectivity index (χ4n) is 1.00. The van der Waals surface area contributed by atoms with Crippen molar-refractivity contribution >= 4 is 5.91 Å². The molecule has 0 aliphatic rings. The van der Waals surface area contributed by atoms with E-state index < -0.39 is 18.0 Å². The van der Waals surface area contributed by atoms with Gasteiger partial charge in [0.1, 0.15) is 5.75 Å². The van der Waals surface area contributed by atoms with Crippen LogP contribution < -0.4 is 10.1 Å². The molecule has 1 N–H and O–H groups in total. The lowest BCUT2D eigenvalue weighted by Crippen LogP contribution is -2.22. The summed E-state index contributed by atoms with van der Waals surface area (Å²) >= 11 is 0. The number of nitrogens with one attached hydrogen (secondary N) is 1. The molecule has 1 aromatic carbocycles. The molecule has 0 aromatic heterocycles. The van der Waals surface area contributed by atoms with Crippen molar-refractivity contribution in [1.29, 1.82) is 0 Å². The highest BCUT2D eigenvalue weighted by molar-refractivity contribution is 5.96. The van der Waals surface area contributed by atoms with Gasteiger partial charge in [-0.1, -0.05) is 26.0 Å². The van der Waals surface area contributed by atoms with Crippen LogP contribution in [0.15, 0.2) is 24.3 Å². The number of halogens is 3. The molecular weight excluding hydrogens is 235 g/mol. The van der Waals surface area contributed by atoms with Crippen LogP contribution in [0.1, 0.15) is 24.2 Å². The van der Waals surface area contributed by atoms with Gasteiger partial charge in [0.2, 0.25) is 0 Å². The first-order valence-corrected chi connectivity index (χ1v) is 5.01. The predicted octanol–water partition coefficient (Wildman–Crippen LogP) is 2.97. The van der Waals surface area contributed by atoms with Crippen molar-refractivity contribution in [3.63, 3.8) is 0 Å². The Morgan fingerprint density at radius 3 is 2.24 bits per heavy atom. The number of ether oxygens (including phenoxy) is 1. The number of hydrogen-bond donors (Lipinski definition) is 1. The summed E-state index contributed by atoms with van der Waals surface area (Å²) in [4.78, 5) is 11.2. The van der Waals surface area contributed by atoms with Gasteiger partial charge in [-0.05, 0) is 12.1 Å². The Labute approximate surface area is 97.6 Å². The van der Waals surface area contributed by atoms with Crippen molar-refractivity contribution in [2.75, 3.05) is 7.05 Å². The van der Waals surface area contributed by atoms with Crippen LogP contribution in [-0.2, 0) is 0 Å². The molecule has 1 aromatic rings. The summed E-state index contributed by atoms with van der Waals surface area (Å²) in [6.07, 6.45) is -4.80. The Morgan fingerprint density at radius 1 is 1.24 bits per heavy atom. The Bertz CT molecular complexity index is 364. The van der Waals surface area contributed by atoms with Gasteiger partial charge >= 0.3 is 6.36 Å². The van der Waals surface area contributed by atoms with Crippen molar-refractivity contribution in [2.45, 2.75) is 20.2 Å². The average molecular weight is 249 g/mol. The van der Waals surface area contributed by atoms with Gasteiger partial charge in [0, 0.05) is 7.05 Å². The second-order valence-electron chi connectivity index (χ2n) is 2.62. The number of benzene rings is 1. The molecule has 0 saturated heterocycles. The molecule has 17 heavy (non-hydrogen) atoms. The number of carbonyl (C=O) groups is 1. The van der Waals surface area contributed by atoms with E-state index in [1.54, 1.807) is 0 Å². The molecule has 0 heterocycles. The zero-order valence-electron chi connectivity index (χ0n) is 9.76. The molecule has 1 amide bonds. The topological polar surface area (TPSA) is 38.3 Å². The number of rotatable bonds is 2. The van der Waals surface area contributed by atoms with Crippen LogP contribution in [0.4, 0.5) is 13.2 Å². The van der Waals surface area contributed by atoms with Gasteiger partial charge in [0.15, 0.2) is 0 Å². The number of amides is 1. The van der Waals surface area contributed by atoms with Gasteiger partial charge in [-0.25, -0.2) is 0 Å². The second-order valence-corrected chi connectivity index (χ2v) is 2.62. The summed E-state index contributed by atoms with van der Waals surface area (Å²) in [5, 5.41) is 2.22. The van der Waals surface area contributed by atoms with Crippen molar-refractivity contribution in [1.82, 2.24) is 5.32 Å². The predicted molar refractivity (Wildman–Crippen MR) is 57.9 cm³/mol. The van der Waals surface area contributed by atoms with E-state index in [-0.39, 0.29) is 5.56 Å². The highest BCUT2D eigenvalue weighted by Crippen LogP contribution is 2.25. The Kier molecular flexibility index (Phi) is 6.09.